The first-order valence-corrected chi connectivity index (χ1v) is 12.8. The van der Waals surface area contributed by atoms with Crippen LogP contribution in [0.4, 0.5) is 8.78 Å². The zero-order chi connectivity index (χ0) is 23.6. The molecule has 3 N–H and O–H groups in total. The van der Waals surface area contributed by atoms with Crippen LogP contribution in [0.1, 0.15) is 85.5 Å². The number of fused-ring (bicyclic) bond motifs is 5. The molecule has 4 nitrogen and oxygen atoms in total. The average molecular weight is 457 g/mol. The summed E-state index contributed by atoms with van der Waals surface area (Å²) >= 11 is 0. The summed E-state index contributed by atoms with van der Waals surface area (Å²) in [5.41, 5.74) is -0.542. The van der Waals surface area contributed by atoms with E-state index in [1.54, 1.807) is 0 Å². The van der Waals surface area contributed by atoms with Gasteiger partial charge in [0.25, 0.3) is 5.92 Å². The van der Waals surface area contributed by atoms with Gasteiger partial charge >= 0.3 is 5.97 Å². The molecule has 0 aromatic heterocycles. The third-order valence-electron chi connectivity index (χ3n) is 11.0. The molecular formula is C26H42F2O4. The summed E-state index contributed by atoms with van der Waals surface area (Å²) in [6.45, 7) is 8.41. The van der Waals surface area contributed by atoms with Crippen molar-refractivity contribution in [3.63, 3.8) is 0 Å². The summed E-state index contributed by atoms with van der Waals surface area (Å²) in [4.78, 5) is 11.1. The van der Waals surface area contributed by atoms with E-state index in [0.717, 1.165) is 25.7 Å². The minimum absolute atomic E-state index is 0.0164. The fraction of sp³-hybridized carbons (Fsp3) is 0.962. The largest absolute Gasteiger partial charge is 0.481 e. The molecule has 0 heterocycles. The number of carboxylic acids is 1. The maximum absolute atomic E-state index is 15.4. The van der Waals surface area contributed by atoms with Gasteiger partial charge in [-0.15, -0.1) is 0 Å². The standard InChI is InChI=1S/C26H42F2O4/c1-5-15-22(32)21-17-8-7-16(14(2)6-9-20(30)31)24(17,3)12-10-18(21)25(4)13-11-19(29)26(27,28)23(15)25/h14-19,21-23,29,32H,5-13H2,1-4H3,(H,30,31)/t14-,15+,16?,17?,18?,19-,21?,22-,23+,24-,25-/m1/s1. The number of aliphatic hydroxyl groups excluding tert-OH is 2. The van der Waals surface area contributed by atoms with E-state index in [-0.39, 0.29) is 30.1 Å². The lowest BCUT2D eigenvalue weighted by molar-refractivity contribution is -0.286. The van der Waals surface area contributed by atoms with E-state index < -0.39 is 41.4 Å². The Morgan fingerprint density at radius 1 is 1.03 bits per heavy atom. The van der Waals surface area contributed by atoms with Gasteiger partial charge in [-0.05, 0) is 91.3 Å². The number of halogens is 2. The van der Waals surface area contributed by atoms with Crippen molar-refractivity contribution in [1.29, 1.82) is 0 Å². The van der Waals surface area contributed by atoms with E-state index in [1.165, 1.54) is 0 Å². The number of hydrogen-bond donors (Lipinski definition) is 3. The molecule has 4 aliphatic rings. The van der Waals surface area contributed by atoms with Crippen LogP contribution in [-0.2, 0) is 4.79 Å². The number of aliphatic hydroxyl groups is 2. The number of carbonyl (C=O) groups is 1. The highest BCUT2D eigenvalue weighted by Gasteiger charge is 2.70. The summed E-state index contributed by atoms with van der Waals surface area (Å²) in [5, 5.41) is 30.9. The Hall–Kier alpha value is -0.750. The van der Waals surface area contributed by atoms with E-state index in [9.17, 15) is 15.0 Å². The molecule has 0 saturated heterocycles. The average Bonchev–Trinajstić information content (AvgIpc) is 3.08. The van der Waals surface area contributed by atoms with Gasteiger partial charge in [0.2, 0.25) is 0 Å². The Kier molecular flexibility index (Phi) is 6.23. The Morgan fingerprint density at radius 3 is 2.28 bits per heavy atom. The van der Waals surface area contributed by atoms with Crippen LogP contribution in [0.15, 0.2) is 0 Å². The first-order chi connectivity index (χ1) is 14.9. The number of carboxylic acid groups (broad SMARTS) is 1. The minimum atomic E-state index is -3.16. The highest BCUT2D eigenvalue weighted by Crippen LogP contribution is 2.71. The zero-order valence-corrected chi connectivity index (χ0v) is 20.1. The van der Waals surface area contributed by atoms with Crippen molar-refractivity contribution in [1.82, 2.24) is 0 Å². The van der Waals surface area contributed by atoms with Crippen molar-refractivity contribution < 1.29 is 28.9 Å². The van der Waals surface area contributed by atoms with Gasteiger partial charge in [0.15, 0.2) is 0 Å². The van der Waals surface area contributed by atoms with Crippen LogP contribution in [0.25, 0.3) is 0 Å². The smallest absolute Gasteiger partial charge is 0.303 e. The van der Waals surface area contributed by atoms with Crippen LogP contribution in [-0.4, -0.2) is 39.4 Å². The fourth-order valence-corrected chi connectivity index (χ4v) is 9.56. The normalized spacial score (nSPS) is 50.8. The number of aliphatic carboxylic acids is 1. The summed E-state index contributed by atoms with van der Waals surface area (Å²) in [5.74, 6) is -4.32. The molecule has 0 radical (unpaired) electrons. The highest BCUT2D eigenvalue weighted by atomic mass is 19.3. The van der Waals surface area contributed by atoms with Gasteiger partial charge < -0.3 is 15.3 Å². The predicted molar refractivity (Wildman–Crippen MR) is 118 cm³/mol. The Balaban J connectivity index is 1.66. The van der Waals surface area contributed by atoms with E-state index in [4.69, 9.17) is 5.11 Å². The van der Waals surface area contributed by atoms with Crippen molar-refractivity contribution in [3.05, 3.63) is 0 Å². The first-order valence-electron chi connectivity index (χ1n) is 12.8. The van der Waals surface area contributed by atoms with Gasteiger partial charge in [-0.3, -0.25) is 4.79 Å². The molecule has 4 rings (SSSR count). The topological polar surface area (TPSA) is 77.8 Å². The molecule has 0 aromatic carbocycles. The van der Waals surface area contributed by atoms with E-state index in [2.05, 4.69) is 13.8 Å². The highest BCUT2D eigenvalue weighted by molar-refractivity contribution is 5.66. The molecule has 4 aliphatic carbocycles. The monoisotopic (exact) mass is 456 g/mol. The molecule has 0 aliphatic heterocycles. The van der Waals surface area contributed by atoms with Crippen molar-refractivity contribution in [2.75, 3.05) is 0 Å². The predicted octanol–water partition coefficient (Wildman–Crippen LogP) is 5.36. The van der Waals surface area contributed by atoms with Crippen molar-refractivity contribution >= 4 is 5.97 Å². The summed E-state index contributed by atoms with van der Waals surface area (Å²) < 4.78 is 30.8. The maximum Gasteiger partial charge on any atom is 0.303 e. The second-order valence-corrected chi connectivity index (χ2v) is 12.2. The fourth-order valence-electron chi connectivity index (χ4n) is 9.56. The number of rotatable bonds is 5. The van der Waals surface area contributed by atoms with Crippen LogP contribution in [0.5, 0.6) is 0 Å². The number of alkyl halides is 2. The third-order valence-corrected chi connectivity index (χ3v) is 11.0. The summed E-state index contributed by atoms with van der Waals surface area (Å²) in [6, 6.07) is 0. The molecule has 6 heteroatoms. The molecule has 4 fully saturated rings. The molecule has 11 atom stereocenters. The lowest BCUT2D eigenvalue weighted by atomic mass is 9.40. The number of hydrogen-bond acceptors (Lipinski definition) is 3. The summed E-state index contributed by atoms with van der Waals surface area (Å²) in [6.07, 6.45) is 3.52. The molecule has 32 heavy (non-hydrogen) atoms. The summed E-state index contributed by atoms with van der Waals surface area (Å²) in [7, 11) is 0. The van der Waals surface area contributed by atoms with Gasteiger partial charge in [-0.2, -0.15) is 0 Å². The quantitative estimate of drug-likeness (QED) is 0.520. The van der Waals surface area contributed by atoms with Gasteiger partial charge in [0.1, 0.15) is 6.10 Å². The Bertz CT molecular complexity index is 729. The zero-order valence-electron chi connectivity index (χ0n) is 20.1. The molecule has 4 saturated carbocycles. The third kappa shape index (κ3) is 3.37. The van der Waals surface area contributed by atoms with Crippen LogP contribution in [0.3, 0.4) is 0 Å². The lowest BCUT2D eigenvalue weighted by Gasteiger charge is -2.65. The minimum Gasteiger partial charge on any atom is -0.481 e. The Labute approximate surface area is 191 Å². The van der Waals surface area contributed by atoms with Crippen molar-refractivity contribution in [3.8, 4) is 0 Å². The van der Waals surface area contributed by atoms with Crippen LogP contribution >= 0.6 is 0 Å². The van der Waals surface area contributed by atoms with Gasteiger partial charge in [0.05, 0.1) is 6.10 Å². The van der Waals surface area contributed by atoms with Gasteiger partial charge in [-0.25, -0.2) is 8.78 Å². The van der Waals surface area contributed by atoms with Gasteiger partial charge in [-0.1, -0.05) is 34.1 Å². The molecular weight excluding hydrogens is 414 g/mol. The molecule has 0 aromatic rings. The van der Waals surface area contributed by atoms with Crippen LogP contribution in [0.2, 0.25) is 0 Å². The van der Waals surface area contributed by atoms with E-state index in [1.807, 2.05) is 13.8 Å². The van der Waals surface area contributed by atoms with Crippen LogP contribution in [0, 0.1) is 52.3 Å². The molecule has 4 unspecified atom stereocenters. The van der Waals surface area contributed by atoms with E-state index >= 15 is 8.78 Å². The second kappa shape index (κ2) is 8.18. The lowest BCUT2D eigenvalue weighted by Crippen LogP contribution is -2.67. The van der Waals surface area contributed by atoms with Crippen molar-refractivity contribution in [2.45, 2.75) is 104 Å². The van der Waals surface area contributed by atoms with Crippen LogP contribution < -0.4 is 0 Å². The second-order valence-electron chi connectivity index (χ2n) is 12.2. The SMILES string of the molecule is CC[C@@H]1[C@@H]2C(F)(F)[C@H](O)CC[C@]2(C)C2CC[C@@]3(C)C(CCC3[C@H](C)CCC(=O)O)C2[C@@H]1O. The molecule has 0 bridgehead atoms. The Morgan fingerprint density at radius 2 is 1.66 bits per heavy atom. The van der Waals surface area contributed by atoms with Crippen molar-refractivity contribution in [2.24, 2.45) is 52.3 Å². The molecule has 0 spiro atoms. The molecule has 0 amide bonds. The van der Waals surface area contributed by atoms with E-state index in [0.29, 0.717) is 37.0 Å². The molecule has 184 valence electrons. The first kappa shape index (κ1) is 24.4. The maximum atomic E-state index is 15.4. The van der Waals surface area contributed by atoms with Gasteiger partial charge in [0, 0.05) is 12.3 Å².